The van der Waals surface area contributed by atoms with Crippen LogP contribution in [0, 0.1) is 0 Å². The number of nitrogens with zero attached hydrogens (tertiary/aromatic N) is 1. The molecule has 17 heavy (non-hydrogen) atoms. The molecule has 0 aliphatic rings. The summed E-state index contributed by atoms with van der Waals surface area (Å²) in [6, 6.07) is 0. The van der Waals surface area contributed by atoms with E-state index in [1.165, 1.54) is 54.4 Å². The van der Waals surface area contributed by atoms with Crippen molar-refractivity contribution in [2.75, 3.05) is 26.2 Å². The number of hydrogen-bond donors (Lipinski definition) is 0. The Hall–Kier alpha value is -0.560. The summed E-state index contributed by atoms with van der Waals surface area (Å²) in [5.41, 5.74) is 2.61. The van der Waals surface area contributed by atoms with Gasteiger partial charge in [0.2, 0.25) is 0 Å². The van der Waals surface area contributed by atoms with E-state index in [0.717, 1.165) is 13.1 Å². The molecule has 0 aliphatic heterocycles. The SMILES string of the molecule is C=C(C)C[N+](CCCC)(CCCC)CC(=C)C. The van der Waals surface area contributed by atoms with E-state index >= 15 is 0 Å². The molecule has 0 atom stereocenters. The van der Waals surface area contributed by atoms with Crippen LogP contribution in [-0.4, -0.2) is 30.7 Å². The van der Waals surface area contributed by atoms with Crippen molar-refractivity contribution in [2.24, 2.45) is 0 Å². The zero-order chi connectivity index (χ0) is 13.3. The Morgan fingerprint density at radius 1 is 0.824 bits per heavy atom. The van der Waals surface area contributed by atoms with Crippen LogP contribution in [0.15, 0.2) is 24.3 Å². The summed E-state index contributed by atoms with van der Waals surface area (Å²) in [5.74, 6) is 0. The molecule has 0 aromatic carbocycles. The van der Waals surface area contributed by atoms with Crippen molar-refractivity contribution < 1.29 is 4.48 Å². The first-order valence-electron chi connectivity index (χ1n) is 7.09. The number of unbranched alkanes of at least 4 members (excludes halogenated alkanes) is 2. The molecule has 0 heterocycles. The van der Waals surface area contributed by atoms with Gasteiger partial charge in [-0.25, -0.2) is 0 Å². The van der Waals surface area contributed by atoms with Gasteiger partial charge in [0.25, 0.3) is 0 Å². The van der Waals surface area contributed by atoms with Gasteiger partial charge in [-0.05, 0) is 37.8 Å². The Balaban J connectivity index is 4.75. The van der Waals surface area contributed by atoms with Gasteiger partial charge in [-0.3, -0.25) is 0 Å². The largest absolute Gasteiger partial charge is 0.317 e. The van der Waals surface area contributed by atoms with Crippen LogP contribution in [0.25, 0.3) is 0 Å². The molecule has 1 nitrogen and oxygen atoms in total. The summed E-state index contributed by atoms with van der Waals surface area (Å²) in [4.78, 5) is 0. The Morgan fingerprint density at radius 3 is 1.41 bits per heavy atom. The lowest BCUT2D eigenvalue weighted by molar-refractivity contribution is -0.919. The summed E-state index contributed by atoms with van der Waals surface area (Å²) in [5, 5.41) is 0. The first-order valence-corrected chi connectivity index (χ1v) is 7.09. The summed E-state index contributed by atoms with van der Waals surface area (Å²) in [6.07, 6.45) is 5.17. The van der Waals surface area contributed by atoms with Crippen LogP contribution in [0.2, 0.25) is 0 Å². The van der Waals surface area contributed by atoms with E-state index < -0.39 is 0 Å². The second kappa shape index (κ2) is 8.52. The Morgan fingerprint density at radius 2 is 1.18 bits per heavy atom. The van der Waals surface area contributed by atoms with Gasteiger partial charge >= 0.3 is 0 Å². The minimum atomic E-state index is 1.12. The van der Waals surface area contributed by atoms with E-state index in [0.29, 0.717) is 0 Å². The molecule has 0 saturated heterocycles. The van der Waals surface area contributed by atoms with Gasteiger partial charge in [0.15, 0.2) is 0 Å². The highest BCUT2D eigenvalue weighted by atomic mass is 15.3. The van der Waals surface area contributed by atoms with Gasteiger partial charge < -0.3 is 4.48 Å². The predicted molar refractivity (Wildman–Crippen MR) is 79.2 cm³/mol. The third kappa shape index (κ3) is 7.38. The second-order valence-electron chi connectivity index (χ2n) is 5.73. The molecule has 0 spiro atoms. The van der Waals surface area contributed by atoms with Gasteiger partial charge in [0.1, 0.15) is 13.1 Å². The van der Waals surface area contributed by atoms with Crippen LogP contribution in [0.3, 0.4) is 0 Å². The highest BCUT2D eigenvalue weighted by Crippen LogP contribution is 2.17. The maximum Gasteiger partial charge on any atom is 0.100 e. The van der Waals surface area contributed by atoms with Crippen LogP contribution in [0.1, 0.15) is 53.4 Å². The van der Waals surface area contributed by atoms with Crippen LogP contribution < -0.4 is 0 Å². The number of quaternary nitrogens is 1. The Labute approximate surface area is 109 Å². The number of hydrogen-bond acceptors (Lipinski definition) is 0. The number of rotatable bonds is 10. The predicted octanol–water partition coefficient (Wildman–Crippen LogP) is 4.56. The standard InChI is InChI=1S/C16H32N/c1-7-9-11-17(12-10-8-2,13-15(3)4)14-16(5)6/h3,5,7-14H2,1-2,4,6H3/q+1. The van der Waals surface area contributed by atoms with Crippen LogP contribution in [-0.2, 0) is 0 Å². The van der Waals surface area contributed by atoms with Gasteiger partial charge in [-0.15, -0.1) is 0 Å². The lowest BCUT2D eigenvalue weighted by atomic mass is 10.1. The molecular weight excluding hydrogens is 206 g/mol. The summed E-state index contributed by atoms with van der Waals surface area (Å²) in [6.45, 7) is 21.9. The molecule has 0 aromatic heterocycles. The fourth-order valence-corrected chi connectivity index (χ4v) is 2.62. The van der Waals surface area contributed by atoms with Gasteiger partial charge in [-0.1, -0.05) is 39.8 Å². The van der Waals surface area contributed by atoms with Crippen molar-refractivity contribution in [3.63, 3.8) is 0 Å². The van der Waals surface area contributed by atoms with Crippen molar-refractivity contribution >= 4 is 0 Å². The molecule has 0 N–H and O–H groups in total. The summed E-state index contributed by atoms with van der Waals surface area (Å²) >= 11 is 0. The normalized spacial score (nSPS) is 11.5. The fraction of sp³-hybridized carbons (Fsp3) is 0.750. The van der Waals surface area contributed by atoms with Crippen molar-refractivity contribution in [1.29, 1.82) is 0 Å². The summed E-state index contributed by atoms with van der Waals surface area (Å²) < 4.78 is 1.17. The quantitative estimate of drug-likeness (QED) is 0.387. The molecule has 0 amide bonds. The molecule has 0 fully saturated rings. The molecular formula is C16H32N+. The van der Waals surface area contributed by atoms with Crippen molar-refractivity contribution in [1.82, 2.24) is 0 Å². The van der Waals surface area contributed by atoms with Crippen LogP contribution in [0.4, 0.5) is 0 Å². The fourth-order valence-electron chi connectivity index (χ4n) is 2.62. The molecule has 1 heteroatoms. The van der Waals surface area contributed by atoms with Crippen molar-refractivity contribution in [3.8, 4) is 0 Å². The van der Waals surface area contributed by atoms with E-state index in [1.807, 2.05) is 0 Å². The third-order valence-corrected chi connectivity index (χ3v) is 3.18. The third-order valence-electron chi connectivity index (χ3n) is 3.18. The maximum absolute atomic E-state index is 4.12. The zero-order valence-electron chi connectivity index (χ0n) is 12.5. The minimum absolute atomic E-state index is 1.12. The molecule has 0 bridgehead atoms. The monoisotopic (exact) mass is 238 g/mol. The molecule has 0 aliphatic carbocycles. The average molecular weight is 238 g/mol. The van der Waals surface area contributed by atoms with E-state index in [2.05, 4.69) is 40.9 Å². The van der Waals surface area contributed by atoms with Crippen molar-refractivity contribution in [2.45, 2.75) is 53.4 Å². The molecule has 0 unspecified atom stereocenters. The van der Waals surface area contributed by atoms with Crippen molar-refractivity contribution in [3.05, 3.63) is 24.3 Å². The molecule has 0 radical (unpaired) electrons. The molecule has 100 valence electrons. The second-order valence-corrected chi connectivity index (χ2v) is 5.73. The highest BCUT2D eigenvalue weighted by Gasteiger charge is 2.26. The maximum atomic E-state index is 4.12. The topological polar surface area (TPSA) is 0 Å². The minimum Gasteiger partial charge on any atom is -0.317 e. The van der Waals surface area contributed by atoms with Gasteiger partial charge in [-0.2, -0.15) is 0 Å². The van der Waals surface area contributed by atoms with E-state index in [-0.39, 0.29) is 0 Å². The zero-order valence-corrected chi connectivity index (χ0v) is 12.5. The van der Waals surface area contributed by atoms with E-state index in [9.17, 15) is 0 Å². The first kappa shape index (κ1) is 16.4. The molecule has 0 rings (SSSR count). The van der Waals surface area contributed by atoms with Gasteiger partial charge in [0.05, 0.1) is 13.1 Å². The smallest absolute Gasteiger partial charge is 0.100 e. The van der Waals surface area contributed by atoms with Crippen LogP contribution in [0.5, 0.6) is 0 Å². The average Bonchev–Trinajstić information content (AvgIpc) is 2.22. The Kier molecular flexibility index (Phi) is 8.24. The van der Waals surface area contributed by atoms with E-state index in [1.54, 1.807) is 0 Å². The lowest BCUT2D eigenvalue weighted by Gasteiger charge is -2.39. The van der Waals surface area contributed by atoms with E-state index in [4.69, 9.17) is 0 Å². The summed E-state index contributed by atoms with van der Waals surface area (Å²) in [7, 11) is 0. The van der Waals surface area contributed by atoms with Gasteiger partial charge in [0, 0.05) is 0 Å². The Bertz CT molecular complexity index is 214. The molecule has 0 aromatic rings. The lowest BCUT2D eigenvalue weighted by Crippen LogP contribution is -2.51. The first-order chi connectivity index (χ1) is 7.95. The van der Waals surface area contributed by atoms with Crippen LogP contribution >= 0.6 is 0 Å². The highest BCUT2D eigenvalue weighted by molar-refractivity contribution is 4.92. The molecule has 0 saturated carbocycles.